The Balaban J connectivity index is 3.92. The van der Waals surface area contributed by atoms with Crippen LogP contribution in [0.5, 0.6) is 0 Å². The lowest BCUT2D eigenvalue weighted by Gasteiger charge is -2.20. The van der Waals surface area contributed by atoms with Gasteiger partial charge in [0.25, 0.3) is 0 Å². The molecule has 15 heavy (non-hydrogen) atoms. The van der Waals surface area contributed by atoms with E-state index in [1.54, 1.807) is 13.8 Å². The normalized spacial score (nSPS) is 14.3. The summed E-state index contributed by atoms with van der Waals surface area (Å²) in [5.74, 6) is -0.472. The Hall–Kier alpha value is -0.610. The number of carbonyl (C=O) groups is 1. The predicted molar refractivity (Wildman–Crippen MR) is 59.8 cm³/mol. The molecule has 0 amide bonds. The Morgan fingerprint density at radius 3 is 2.27 bits per heavy atom. The van der Waals surface area contributed by atoms with E-state index in [1.165, 1.54) is 0 Å². The van der Waals surface area contributed by atoms with Crippen molar-refractivity contribution < 1.29 is 15.0 Å². The summed E-state index contributed by atoms with van der Waals surface area (Å²) in [4.78, 5) is 10.9. The van der Waals surface area contributed by atoms with Gasteiger partial charge < -0.3 is 15.5 Å². The van der Waals surface area contributed by atoms with Crippen LogP contribution in [0.1, 0.15) is 40.5 Å². The minimum absolute atomic E-state index is 0.348. The summed E-state index contributed by atoms with van der Waals surface area (Å²) in [5, 5.41) is 21.3. The third-order valence-electron chi connectivity index (χ3n) is 2.13. The summed E-state index contributed by atoms with van der Waals surface area (Å²) in [6.07, 6.45) is 1.16. The van der Waals surface area contributed by atoms with Gasteiger partial charge >= 0.3 is 5.97 Å². The molecule has 0 fully saturated rings. The molecule has 0 aliphatic heterocycles. The average molecular weight is 217 g/mol. The molecule has 0 rings (SSSR count). The first kappa shape index (κ1) is 14.4. The highest BCUT2D eigenvalue weighted by molar-refractivity contribution is 5.73. The largest absolute Gasteiger partial charge is 0.480 e. The minimum atomic E-state index is -0.820. The molecule has 4 nitrogen and oxygen atoms in total. The number of carboxylic acid groups (broad SMARTS) is 1. The number of nitrogens with one attached hydrogen (secondary N) is 1. The van der Waals surface area contributed by atoms with E-state index in [0.29, 0.717) is 25.3 Å². The van der Waals surface area contributed by atoms with Crippen LogP contribution < -0.4 is 5.32 Å². The highest BCUT2D eigenvalue weighted by Gasteiger charge is 2.19. The van der Waals surface area contributed by atoms with E-state index in [2.05, 4.69) is 5.32 Å². The van der Waals surface area contributed by atoms with Crippen molar-refractivity contribution in [1.29, 1.82) is 0 Å². The van der Waals surface area contributed by atoms with Crippen LogP contribution in [0.3, 0.4) is 0 Å². The molecule has 0 heterocycles. The summed E-state index contributed by atoms with van der Waals surface area (Å²) in [6.45, 7) is 7.94. The number of aliphatic hydroxyl groups is 1. The Kier molecular flexibility index (Phi) is 5.83. The molecule has 0 aliphatic rings. The second-order valence-electron chi connectivity index (χ2n) is 5.04. The Morgan fingerprint density at radius 2 is 1.93 bits per heavy atom. The van der Waals surface area contributed by atoms with Crippen LogP contribution in [0.2, 0.25) is 0 Å². The summed E-state index contributed by atoms with van der Waals surface area (Å²) in [7, 11) is 0. The summed E-state index contributed by atoms with van der Waals surface area (Å²) in [6, 6.07) is -0.507. The van der Waals surface area contributed by atoms with Gasteiger partial charge in [-0.25, -0.2) is 0 Å². The Bertz CT molecular complexity index is 196. The van der Waals surface area contributed by atoms with Gasteiger partial charge in [-0.3, -0.25) is 4.79 Å². The van der Waals surface area contributed by atoms with Gasteiger partial charge in [-0.2, -0.15) is 0 Å². The zero-order valence-electron chi connectivity index (χ0n) is 10.1. The van der Waals surface area contributed by atoms with E-state index in [9.17, 15) is 9.90 Å². The van der Waals surface area contributed by atoms with Crippen molar-refractivity contribution in [3.05, 3.63) is 0 Å². The van der Waals surface area contributed by atoms with Gasteiger partial charge in [0.2, 0.25) is 0 Å². The highest BCUT2D eigenvalue weighted by atomic mass is 16.4. The maximum Gasteiger partial charge on any atom is 0.320 e. The van der Waals surface area contributed by atoms with E-state index in [0.717, 1.165) is 0 Å². The second kappa shape index (κ2) is 6.08. The van der Waals surface area contributed by atoms with E-state index in [-0.39, 0.29) is 0 Å². The lowest BCUT2D eigenvalue weighted by Crippen LogP contribution is -2.40. The van der Waals surface area contributed by atoms with Gasteiger partial charge in [-0.15, -0.1) is 0 Å². The molecule has 0 aromatic heterocycles. The number of carboxylic acids is 1. The van der Waals surface area contributed by atoms with Gasteiger partial charge in [-0.05, 0) is 39.2 Å². The second-order valence-corrected chi connectivity index (χ2v) is 5.04. The number of hydrogen-bond donors (Lipinski definition) is 3. The molecule has 90 valence electrons. The van der Waals surface area contributed by atoms with Gasteiger partial charge in [-0.1, -0.05) is 13.8 Å². The lowest BCUT2D eigenvalue weighted by molar-refractivity contribution is -0.140. The van der Waals surface area contributed by atoms with Crippen LogP contribution in [0.4, 0.5) is 0 Å². The molecule has 0 radical (unpaired) electrons. The first-order valence-corrected chi connectivity index (χ1v) is 5.41. The van der Waals surface area contributed by atoms with Crippen LogP contribution in [0, 0.1) is 5.92 Å². The third-order valence-corrected chi connectivity index (χ3v) is 2.13. The van der Waals surface area contributed by atoms with Gasteiger partial charge in [0.15, 0.2) is 0 Å². The molecule has 0 bridgehead atoms. The summed E-state index contributed by atoms with van der Waals surface area (Å²) >= 11 is 0. The molecule has 0 aromatic carbocycles. The minimum Gasteiger partial charge on any atom is -0.480 e. The van der Waals surface area contributed by atoms with Gasteiger partial charge in [0.1, 0.15) is 6.04 Å². The molecule has 0 aliphatic carbocycles. The van der Waals surface area contributed by atoms with Crippen molar-refractivity contribution in [3.8, 4) is 0 Å². The average Bonchev–Trinajstić information content (AvgIpc) is 1.99. The van der Waals surface area contributed by atoms with Crippen LogP contribution in [-0.4, -0.2) is 34.4 Å². The molecule has 0 saturated heterocycles. The van der Waals surface area contributed by atoms with E-state index >= 15 is 0 Å². The van der Waals surface area contributed by atoms with E-state index < -0.39 is 17.6 Å². The van der Waals surface area contributed by atoms with E-state index in [1.807, 2.05) is 13.8 Å². The van der Waals surface area contributed by atoms with Crippen molar-refractivity contribution in [2.45, 2.75) is 52.2 Å². The van der Waals surface area contributed by atoms with Gasteiger partial charge in [0, 0.05) is 0 Å². The maximum absolute atomic E-state index is 10.9. The van der Waals surface area contributed by atoms with Crippen molar-refractivity contribution in [2.24, 2.45) is 5.92 Å². The first-order chi connectivity index (χ1) is 6.72. The monoisotopic (exact) mass is 217 g/mol. The smallest absolute Gasteiger partial charge is 0.320 e. The quantitative estimate of drug-likeness (QED) is 0.600. The van der Waals surface area contributed by atoms with E-state index in [4.69, 9.17) is 5.11 Å². The molecule has 0 spiro atoms. The number of aliphatic carboxylic acids is 1. The maximum atomic E-state index is 10.9. The molecular formula is C11H23NO3. The molecule has 0 aromatic rings. The Labute approximate surface area is 91.7 Å². The molecule has 4 heteroatoms. The predicted octanol–water partition coefficient (Wildman–Crippen LogP) is 1.24. The molecule has 1 unspecified atom stereocenters. The fourth-order valence-corrected chi connectivity index (χ4v) is 1.30. The van der Waals surface area contributed by atoms with Gasteiger partial charge in [0.05, 0.1) is 5.60 Å². The number of rotatable bonds is 7. The SMILES string of the molecule is CC(C)CC(NCCC(C)(C)O)C(=O)O. The van der Waals surface area contributed by atoms with Crippen LogP contribution in [0.25, 0.3) is 0 Å². The topological polar surface area (TPSA) is 69.6 Å². The van der Waals surface area contributed by atoms with Crippen molar-refractivity contribution in [1.82, 2.24) is 5.32 Å². The molecule has 0 saturated carbocycles. The van der Waals surface area contributed by atoms with Crippen LogP contribution >= 0.6 is 0 Å². The highest BCUT2D eigenvalue weighted by Crippen LogP contribution is 2.08. The Morgan fingerprint density at radius 1 is 1.40 bits per heavy atom. The van der Waals surface area contributed by atoms with Crippen molar-refractivity contribution in [3.63, 3.8) is 0 Å². The third kappa shape index (κ3) is 8.39. The fraction of sp³-hybridized carbons (Fsp3) is 0.909. The van der Waals surface area contributed by atoms with Crippen molar-refractivity contribution in [2.75, 3.05) is 6.54 Å². The molecular weight excluding hydrogens is 194 g/mol. The van der Waals surface area contributed by atoms with Crippen molar-refractivity contribution >= 4 is 5.97 Å². The van der Waals surface area contributed by atoms with Crippen LogP contribution in [-0.2, 0) is 4.79 Å². The summed E-state index contributed by atoms with van der Waals surface area (Å²) < 4.78 is 0. The summed E-state index contributed by atoms with van der Waals surface area (Å²) in [5.41, 5.74) is -0.742. The van der Waals surface area contributed by atoms with Crippen LogP contribution in [0.15, 0.2) is 0 Å². The molecule has 3 N–H and O–H groups in total. The zero-order chi connectivity index (χ0) is 12.1. The standard InChI is InChI=1S/C11H23NO3/c1-8(2)7-9(10(13)14)12-6-5-11(3,4)15/h8-9,12,15H,5-7H2,1-4H3,(H,13,14). The molecule has 1 atom stereocenters. The zero-order valence-corrected chi connectivity index (χ0v) is 10.1. The number of hydrogen-bond acceptors (Lipinski definition) is 3. The fourth-order valence-electron chi connectivity index (χ4n) is 1.30. The first-order valence-electron chi connectivity index (χ1n) is 5.41. The lowest BCUT2D eigenvalue weighted by atomic mass is 10.0.